The maximum atomic E-state index is 11.5. The SMILES string of the molecule is CC(=O)O[C@@H]1[C@@H](OC(C)=O)[C@H](C)[C@@H](C(C)=O)O[C@H]1C. The smallest absolute Gasteiger partial charge is 0.303 e. The molecule has 0 spiro atoms. The molecule has 1 aliphatic rings. The quantitative estimate of drug-likeness (QED) is 0.709. The lowest BCUT2D eigenvalue weighted by molar-refractivity contribution is -0.218. The minimum atomic E-state index is -0.702. The lowest BCUT2D eigenvalue weighted by atomic mass is 9.86. The Morgan fingerprint density at radius 3 is 1.79 bits per heavy atom. The largest absolute Gasteiger partial charge is 0.458 e. The lowest BCUT2D eigenvalue weighted by Gasteiger charge is -2.42. The van der Waals surface area contributed by atoms with Crippen LogP contribution in [0.5, 0.6) is 0 Å². The van der Waals surface area contributed by atoms with Crippen LogP contribution in [-0.2, 0) is 28.6 Å². The molecular formula is C13H20O6. The van der Waals surface area contributed by atoms with Crippen LogP contribution in [-0.4, -0.2) is 42.1 Å². The van der Waals surface area contributed by atoms with E-state index in [2.05, 4.69) is 0 Å². The minimum absolute atomic E-state index is 0.141. The van der Waals surface area contributed by atoms with Crippen molar-refractivity contribution in [3.05, 3.63) is 0 Å². The standard InChI is InChI=1S/C13H20O6/c1-6-11(7(2)14)17-8(3)13(19-10(5)16)12(6)18-9(4)15/h6,8,11-13H,1-5H3/t6-,8+,11+,12+,13+/m1/s1. The molecule has 0 aromatic heterocycles. The van der Waals surface area contributed by atoms with Gasteiger partial charge in [0.25, 0.3) is 0 Å². The normalized spacial score (nSPS) is 34.5. The van der Waals surface area contributed by atoms with Gasteiger partial charge in [0.1, 0.15) is 12.2 Å². The zero-order valence-corrected chi connectivity index (χ0v) is 11.8. The number of Topliss-reactive ketones (excluding diaryl/α,β-unsaturated/α-hetero) is 1. The fourth-order valence-corrected chi connectivity index (χ4v) is 2.36. The molecule has 0 bridgehead atoms. The van der Waals surface area contributed by atoms with Gasteiger partial charge in [-0.25, -0.2) is 0 Å². The van der Waals surface area contributed by atoms with Crippen molar-refractivity contribution in [2.45, 2.75) is 59.0 Å². The molecular weight excluding hydrogens is 252 g/mol. The van der Waals surface area contributed by atoms with E-state index >= 15 is 0 Å². The molecule has 108 valence electrons. The Balaban J connectivity index is 2.98. The molecule has 1 saturated heterocycles. The minimum Gasteiger partial charge on any atom is -0.458 e. The Hall–Kier alpha value is -1.43. The summed E-state index contributed by atoms with van der Waals surface area (Å²) < 4.78 is 15.9. The molecule has 6 nitrogen and oxygen atoms in total. The van der Waals surface area contributed by atoms with Gasteiger partial charge >= 0.3 is 11.9 Å². The first-order chi connectivity index (χ1) is 8.73. The third-order valence-electron chi connectivity index (χ3n) is 3.15. The van der Waals surface area contributed by atoms with Crippen LogP contribution in [0.4, 0.5) is 0 Å². The monoisotopic (exact) mass is 272 g/mol. The highest BCUT2D eigenvalue weighted by Gasteiger charge is 2.47. The highest BCUT2D eigenvalue weighted by Crippen LogP contribution is 2.30. The summed E-state index contributed by atoms with van der Waals surface area (Å²) in [5.41, 5.74) is 0. The van der Waals surface area contributed by atoms with E-state index in [1.165, 1.54) is 20.8 Å². The number of hydrogen-bond donors (Lipinski definition) is 0. The van der Waals surface area contributed by atoms with Gasteiger partial charge in [0.05, 0.1) is 6.10 Å². The van der Waals surface area contributed by atoms with Crippen LogP contribution in [0.15, 0.2) is 0 Å². The molecule has 0 radical (unpaired) electrons. The molecule has 5 atom stereocenters. The summed E-state index contributed by atoms with van der Waals surface area (Å²) >= 11 is 0. The van der Waals surface area contributed by atoms with Gasteiger partial charge in [0, 0.05) is 19.8 Å². The van der Waals surface area contributed by atoms with E-state index in [4.69, 9.17) is 14.2 Å². The summed E-state index contributed by atoms with van der Waals surface area (Å²) in [5.74, 6) is -1.48. The second-order valence-electron chi connectivity index (χ2n) is 4.88. The number of ketones is 1. The summed E-state index contributed by atoms with van der Waals surface area (Å²) in [7, 11) is 0. The molecule has 1 fully saturated rings. The Morgan fingerprint density at radius 2 is 1.37 bits per heavy atom. The molecule has 6 heteroatoms. The van der Waals surface area contributed by atoms with Crippen molar-refractivity contribution in [3.63, 3.8) is 0 Å². The third kappa shape index (κ3) is 3.76. The molecule has 0 N–H and O–H groups in total. The molecule has 0 amide bonds. The second-order valence-corrected chi connectivity index (χ2v) is 4.88. The van der Waals surface area contributed by atoms with Gasteiger partial charge in [-0.05, 0) is 13.8 Å². The number of carbonyl (C=O) groups is 3. The van der Waals surface area contributed by atoms with Crippen LogP contribution in [0, 0.1) is 5.92 Å². The van der Waals surface area contributed by atoms with Crippen LogP contribution in [0.1, 0.15) is 34.6 Å². The van der Waals surface area contributed by atoms with Gasteiger partial charge in [-0.15, -0.1) is 0 Å². The van der Waals surface area contributed by atoms with Crippen molar-refractivity contribution in [2.24, 2.45) is 5.92 Å². The first kappa shape index (κ1) is 15.6. The topological polar surface area (TPSA) is 78.9 Å². The van der Waals surface area contributed by atoms with E-state index in [0.29, 0.717) is 0 Å². The fourth-order valence-electron chi connectivity index (χ4n) is 2.36. The highest BCUT2D eigenvalue weighted by molar-refractivity contribution is 5.81. The zero-order valence-electron chi connectivity index (χ0n) is 11.8. The average Bonchev–Trinajstić information content (AvgIpc) is 2.26. The maximum Gasteiger partial charge on any atom is 0.303 e. The molecule has 0 aliphatic carbocycles. The van der Waals surface area contributed by atoms with Crippen molar-refractivity contribution in [1.29, 1.82) is 0 Å². The van der Waals surface area contributed by atoms with Crippen LogP contribution in [0.3, 0.4) is 0 Å². The molecule has 0 aromatic carbocycles. The molecule has 1 heterocycles. The summed E-state index contributed by atoms with van der Waals surface area (Å²) in [6, 6.07) is 0. The number of esters is 2. The Kier molecular flexibility index (Phi) is 5.05. The molecule has 0 aromatic rings. The van der Waals surface area contributed by atoms with Gasteiger partial charge < -0.3 is 14.2 Å². The van der Waals surface area contributed by atoms with E-state index in [9.17, 15) is 14.4 Å². The Labute approximate surface area is 112 Å². The molecule has 1 rings (SSSR count). The summed E-state index contributed by atoms with van der Waals surface area (Å²) in [6.07, 6.45) is -2.56. The average molecular weight is 272 g/mol. The van der Waals surface area contributed by atoms with E-state index in [1.54, 1.807) is 13.8 Å². The van der Waals surface area contributed by atoms with Crippen molar-refractivity contribution >= 4 is 17.7 Å². The number of rotatable bonds is 3. The van der Waals surface area contributed by atoms with Crippen molar-refractivity contribution < 1.29 is 28.6 Å². The first-order valence-electron chi connectivity index (χ1n) is 6.24. The highest BCUT2D eigenvalue weighted by atomic mass is 16.6. The van der Waals surface area contributed by atoms with Gasteiger partial charge in [-0.1, -0.05) is 6.92 Å². The van der Waals surface area contributed by atoms with E-state index in [1.807, 2.05) is 0 Å². The fraction of sp³-hybridized carbons (Fsp3) is 0.769. The molecule has 1 aliphatic heterocycles. The number of hydrogen-bond acceptors (Lipinski definition) is 6. The van der Waals surface area contributed by atoms with E-state index in [0.717, 1.165) is 0 Å². The predicted molar refractivity (Wildman–Crippen MR) is 65.3 cm³/mol. The zero-order chi connectivity index (χ0) is 14.7. The predicted octanol–water partition coefficient (Wildman–Crippen LogP) is 0.862. The summed E-state index contributed by atoms with van der Waals surface area (Å²) in [5, 5.41) is 0. The summed E-state index contributed by atoms with van der Waals surface area (Å²) in [4.78, 5) is 33.9. The Bertz CT molecular complexity index is 377. The van der Waals surface area contributed by atoms with E-state index < -0.39 is 36.4 Å². The van der Waals surface area contributed by atoms with Gasteiger partial charge in [-0.3, -0.25) is 14.4 Å². The van der Waals surface area contributed by atoms with Gasteiger partial charge in [-0.2, -0.15) is 0 Å². The third-order valence-corrected chi connectivity index (χ3v) is 3.15. The number of ether oxygens (including phenoxy) is 3. The molecule has 19 heavy (non-hydrogen) atoms. The number of carbonyl (C=O) groups excluding carboxylic acids is 3. The van der Waals surface area contributed by atoms with Crippen LogP contribution in [0.25, 0.3) is 0 Å². The van der Waals surface area contributed by atoms with Gasteiger partial charge in [0.15, 0.2) is 11.9 Å². The maximum absolute atomic E-state index is 11.5. The van der Waals surface area contributed by atoms with Crippen molar-refractivity contribution in [1.82, 2.24) is 0 Å². The second kappa shape index (κ2) is 6.14. The van der Waals surface area contributed by atoms with E-state index in [-0.39, 0.29) is 11.7 Å². The Morgan fingerprint density at radius 1 is 0.895 bits per heavy atom. The van der Waals surface area contributed by atoms with Gasteiger partial charge in [0.2, 0.25) is 0 Å². The molecule has 0 saturated carbocycles. The van der Waals surface area contributed by atoms with Crippen LogP contribution >= 0.6 is 0 Å². The first-order valence-corrected chi connectivity index (χ1v) is 6.24. The van der Waals surface area contributed by atoms with Crippen LogP contribution in [0.2, 0.25) is 0 Å². The lowest BCUT2D eigenvalue weighted by Crippen LogP contribution is -2.57. The molecule has 0 unspecified atom stereocenters. The van der Waals surface area contributed by atoms with Crippen molar-refractivity contribution in [3.8, 4) is 0 Å². The van der Waals surface area contributed by atoms with Crippen molar-refractivity contribution in [2.75, 3.05) is 0 Å². The van der Waals surface area contributed by atoms with Crippen LogP contribution < -0.4 is 0 Å². The summed E-state index contributed by atoms with van der Waals surface area (Å²) in [6.45, 7) is 7.40.